The molecule has 1 aliphatic heterocycles. The van der Waals surface area contributed by atoms with E-state index in [1.807, 2.05) is 30.3 Å². The smallest absolute Gasteiger partial charge is 0.339 e. The van der Waals surface area contributed by atoms with Gasteiger partial charge < -0.3 is 4.74 Å². The molecule has 1 aliphatic rings. The molecule has 0 saturated heterocycles. The Labute approximate surface area is 147 Å². The van der Waals surface area contributed by atoms with Crippen molar-refractivity contribution in [2.45, 2.75) is 12.5 Å². The van der Waals surface area contributed by atoms with Crippen LogP contribution in [0.1, 0.15) is 37.9 Å². The van der Waals surface area contributed by atoms with Gasteiger partial charge in [-0.2, -0.15) is 0 Å². The summed E-state index contributed by atoms with van der Waals surface area (Å²) in [6, 6.07) is 14.6. The van der Waals surface area contributed by atoms with Crippen LogP contribution in [0.4, 0.5) is 5.13 Å². The highest BCUT2D eigenvalue weighted by Crippen LogP contribution is 2.31. The van der Waals surface area contributed by atoms with E-state index in [0.717, 1.165) is 11.1 Å². The zero-order valence-corrected chi connectivity index (χ0v) is 13.8. The maximum atomic E-state index is 12.3. The van der Waals surface area contributed by atoms with Crippen LogP contribution in [0.15, 0.2) is 54.0 Å². The highest BCUT2D eigenvalue weighted by molar-refractivity contribution is 7.13. The molecule has 3 aromatic rings. The molecule has 2 aromatic carbocycles. The van der Waals surface area contributed by atoms with Crippen molar-refractivity contribution in [3.05, 3.63) is 76.3 Å². The van der Waals surface area contributed by atoms with Crippen molar-refractivity contribution in [3.8, 4) is 0 Å². The van der Waals surface area contributed by atoms with Crippen LogP contribution >= 0.6 is 11.3 Å². The van der Waals surface area contributed by atoms with Crippen LogP contribution in [0.25, 0.3) is 0 Å². The van der Waals surface area contributed by atoms with Crippen LogP contribution in [0.3, 0.4) is 0 Å². The molecule has 0 fully saturated rings. The number of benzene rings is 2. The van der Waals surface area contributed by atoms with E-state index in [4.69, 9.17) is 4.74 Å². The Morgan fingerprint density at radius 1 is 1.20 bits per heavy atom. The highest BCUT2D eigenvalue weighted by Gasteiger charge is 2.28. The summed E-state index contributed by atoms with van der Waals surface area (Å²) in [6.45, 7) is 0. The van der Waals surface area contributed by atoms with Gasteiger partial charge >= 0.3 is 5.97 Å². The summed E-state index contributed by atoms with van der Waals surface area (Å²) in [5.74, 6) is -0.652. The average molecular weight is 351 g/mol. The van der Waals surface area contributed by atoms with Gasteiger partial charge in [0.15, 0.2) is 0 Å². The molecule has 0 aliphatic carbocycles. The molecule has 4 rings (SSSR count). The molecular weight excluding hydrogens is 338 g/mol. The second-order valence-corrected chi connectivity index (χ2v) is 6.41. The summed E-state index contributed by atoms with van der Waals surface area (Å²) < 4.78 is 5.53. The van der Waals surface area contributed by atoms with Gasteiger partial charge in [-0.25, -0.2) is 4.79 Å². The van der Waals surface area contributed by atoms with E-state index in [1.165, 1.54) is 11.3 Å². The third-order valence-electron chi connectivity index (χ3n) is 3.99. The summed E-state index contributed by atoms with van der Waals surface area (Å²) in [5, 5.41) is 10.6. The number of nitrogens with one attached hydrogen (secondary N) is 1. The number of fused-ring (bicyclic) bond motifs is 1. The van der Waals surface area contributed by atoms with Crippen molar-refractivity contribution >= 4 is 28.3 Å². The fourth-order valence-electron chi connectivity index (χ4n) is 2.79. The van der Waals surface area contributed by atoms with Crippen molar-refractivity contribution in [1.82, 2.24) is 10.2 Å². The molecule has 0 saturated carbocycles. The van der Waals surface area contributed by atoms with Gasteiger partial charge in [0.05, 0.1) is 5.56 Å². The molecule has 25 heavy (non-hydrogen) atoms. The number of esters is 1. The molecule has 1 N–H and O–H groups in total. The van der Waals surface area contributed by atoms with Gasteiger partial charge in [-0.3, -0.25) is 10.1 Å². The van der Waals surface area contributed by atoms with Crippen LogP contribution in [0.5, 0.6) is 0 Å². The number of nitrogens with zero attached hydrogens (tertiary/aromatic N) is 2. The molecule has 6 nitrogen and oxygen atoms in total. The lowest BCUT2D eigenvalue weighted by Crippen LogP contribution is -2.23. The molecule has 0 bridgehead atoms. The molecule has 1 atom stereocenters. The number of aromatic nitrogens is 2. The zero-order valence-electron chi connectivity index (χ0n) is 13.0. The quantitative estimate of drug-likeness (QED) is 0.733. The first-order chi connectivity index (χ1) is 12.2. The number of ether oxygens (including phenoxy) is 1. The minimum atomic E-state index is -0.369. The number of cyclic esters (lactones) is 1. The van der Waals surface area contributed by atoms with Crippen molar-refractivity contribution < 1.29 is 14.3 Å². The Hall–Kier alpha value is -3.06. The number of anilines is 1. The predicted molar refractivity (Wildman–Crippen MR) is 92.6 cm³/mol. The molecule has 1 aromatic heterocycles. The lowest BCUT2D eigenvalue weighted by atomic mass is 9.93. The maximum absolute atomic E-state index is 12.3. The Balaban J connectivity index is 1.61. The fraction of sp³-hybridized carbons (Fsp3) is 0.111. The summed E-state index contributed by atoms with van der Waals surface area (Å²) in [5.41, 5.74) is 4.25. The topological polar surface area (TPSA) is 81.2 Å². The maximum Gasteiger partial charge on any atom is 0.339 e. The van der Waals surface area contributed by atoms with E-state index in [-0.39, 0.29) is 18.0 Å². The van der Waals surface area contributed by atoms with Crippen molar-refractivity contribution in [3.63, 3.8) is 0 Å². The lowest BCUT2D eigenvalue weighted by molar-refractivity contribution is 0.0252. The molecular formula is C18H13N3O3S. The summed E-state index contributed by atoms with van der Waals surface area (Å²) in [6.07, 6.45) is 0.188. The van der Waals surface area contributed by atoms with E-state index >= 15 is 0 Å². The van der Waals surface area contributed by atoms with Crippen molar-refractivity contribution in [2.24, 2.45) is 0 Å². The van der Waals surface area contributed by atoms with Crippen LogP contribution < -0.4 is 5.32 Å². The molecule has 0 radical (unpaired) electrons. The fourth-order valence-corrected chi connectivity index (χ4v) is 3.23. The lowest BCUT2D eigenvalue weighted by Gasteiger charge is -2.25. The van der Waals surface area contributed by atoms with E-state index < -0.39 is 0 Å². The van der Waals surface area contributed by atoms with Crippen LogP contribution in [0.2, 0.25) is 0 Å². The summed E-state index contributed by atoms with van der Waals surface area (Å²) in [7, 11) is 0. The van der Waals surface area contributed by atoms with Crippen molar-refractivity contribution in [1.29, 1.82) is 0 Å². The summed E-state index contributed by atoms with van der Waals surface area (Å²) in [4.78, 5) is 24.6. The first-order valence-electron chi connectivity index (χ1n) is 7.67. The SMILES string of the molecule is O=C(Nc1nncs1)c1ccc2c(c1)C[C@H](c1ccccc1)OC2=O. The van der Waals surface area contributed by atoms with Gasteiger partial charge in [0, 0.05) is 12.0 Å². The minimum absolute atomic E-state index is 0.283. The Morgan fingerprint density at radius 2 is 2.04 bits per heavy atom. The summed E-state index contributed by atoms with van der Waals surface area (Å²) >= 11 is 1.24. The van der Waals surface area contributed by atoms with E-state index in [2.05, 4.69) is 15.5 Å². The number of hydrogen-bond acceptors (Lipinski definition) is 6. The van der Waals surface area contributed by atoms with E-state index in [1.54, 1.807) is 23.7 Å². The third-order valence-corrected chi connectivity index (χ3v) is 4.60. The number of rotatable bonds is 3. The molecule has 124 valence electrons. The Morgan fingerprint density at radius 3 is 2.80 bits per heavy atom. The Bertz CT molecular complexity index is 926. The molecule has 0 spiro atoms. The van der Waals surface area contributed by atoms with Gasteiger partial charge in [0.2, 0.25) is 5.13 Å². The first kappa shape index (κ1) is 15.5. The molecule has 1 amide bonds. The number of carbonyl (C=O) groups excluding carboxylic acids is 2. The van der Waals surface area contributed by atoms with E-state index in [0.29, 0.717) is 22.7 Å². The number of amides is 1. The molecule has 0 unspecified atom stereocenters. The average Bonchev–Trinajstić information content (AvgIpc) is 3.15. The standard InChI is InChI=1S/C18H13N3O3S/c22-16(20-18-21-19-10-25-18)12-6-7-14-13(8-12)9-15(24-17(14)23)11-4-2-1-3-5-11/h1-8,10,15H,9H2,(H,20,21,22)/t15-/m1/s1. The zero-order chi connectivity index (χ0) is 17.2. The monoisotopic (exact) mass is 351 g/mol. The predicted octanol–water partition coefficient (Wildman–Crippen LogP) is 3.24. The Kier molecular flexibility index (Phi) is 3.99. The normalized spacial score (nSPS) is 16.0. The molecule has 7 heteroatoms. The number of hydrogen-bond donors (Lipinski definition) is 1. The first-order valence-corrected chi connectivity index (χ1v) is 8.55. The van der Waals surface area contributed by atoms with Crippen molar-refractivity contribution in [2.75, 3.05) is 5.32 Å². The minimum Gasteiger partial charge on any atom is -0.454 e. The van der Waals surface area contributed by atoms with Gasteiger partial charge in [-0.05, 0) is 29.3 Å². The largest absolute Gasteiger partial charge is 0.454 e. The van der Waals surface area contributed by atoms with Gasteiger partial charge in [0.1, 0.15) is 11.6 Å². The van der Waals surface area contributed by atoms with Gasteiger partial charge in [-0.15, -0.1) is 10.2 Å². The van der Waals surface area contributed by atoms with Crippen LogP contribution in [-0.4, -0.2) is 22.1 Å². The van der Waals surface area contributed by atoms with Gasteiger partial charge in [0.25, 0.3) is 5.91 Å². The second kappa shape index (κ2) is 6.45. The second-order valence-electron chi connectivity index (χ2n) is 5.58. The van der Waals surface area contributed by atoms with E-state index in [9.17, 15) is 9.59 Å². The van der Waals surface area contributed by atoms with Gasteiger partial charge in [-0.1, -0.05) is 41.7 Å². The third kappa shape index (κ3) is 3.14. The van der Waals surface area contributed by atoms with Crippen LogP contribution in [-0.2, 0) is 11.2 Å². The highest BCUT2D eigenvalue weighted by atomic mass is 32.1. The molecule has 2 heterocycles. The van der Waals surface area contributed by atoms with Crippen LogP contribution in [0, 0.1) is 0 Å². The number of carbonyl (C=O) groups is 2.